The van der Waals surface area contributed by atoms with Crippen LogP contribution in [0, 0.1) is 5.92 Å². The molecule has 1 unspecified atom stereocenters. The van der Waals surface area contributed by atoms with Crippen LogP contribution in [0.5, 0.6) is 0 Å². The summed E-state index contributed by atoms with van der Waals surface area (Å²) in [5.74, 6) is 0.775. The van der Waals surface area contributed by atoms with Gasteiger partial charge in [0.05, 0.1) is 12.7 Å². The number of hydrogen-bond donors (Lipinski definition) is 1. The molecule has 3 saturated heterocycles. The van der Waals surface area contributed by atoms with Crippen molar-refractivity contribution in [1.82, 2.24) is 9.80 Å². The number of nitrogens with zero attached hydrogens (tertiary/aromatic N) is 2. The smallest absolute Gasteiger partial charge is 0.0597 e. The van der Waals surface area contributed by atoms with Crippen molar-refractivity contribution in [3.05, 3.63) is 0 Å². The molecule has 18 heavy (non-hydrogen) atoms. The third kappa shape index (κ3) is 2.72. The van der Waals surface area contributed by atoms with Crippen LogP contribution < -0.4 is 5.73 Å². The Hall–Kier alpha value is -0.160. The Morgan fingerprint density at radius 2 is 2.06 bits per heavy atom. The van der Waals surface area contributed by atoms with E-state index < -0.39 is 0 Å². The zero-order chi connectivity index (χ0) is 13.2. The maximum atomic E-state index is 6.15. The quantitative estimate of drug-likeness (QED) is 0.761. The first kappa shape index (κ1) is 14.3. The normalized spacial score (nSPS) is 35.7. The van der Waals surface area contributed by atoms with Gasteiger partial charge in [0.15, 0.2) is 0 Å². The minimum absolute atomic E-state index is 0.191. The molecule has 0 radical (unpaired) electrons. The molecule has 4 heteroatoms. The van der Waals surface area contributed by atoms with Gasteiger partial charge >= 0.3 is 0 Å². The fraction of sp³-hybridized carbons (Fsp3) is 1.00. The van der Waals surface area contributed by atoms with Gasteiger partial charge < -0.3 is 15.4 Å². The second-order valence-corrected chi connectivity index (χ2v) is 6.20. The second kappa shape index (κ2) is 5.87. The summed E-state index contributed by atoms with van der Waals surface area (Å²) >= 11 is 0. The average Bonchev–Trinajstić information content (AvgIpc) is 2.39. The van der Waals surface area contributed by atoms with Crippen LogP contribution in [0.2, 0.25) is 0 Å². The molecule has 0 aromatic carbocycles. The molecular weight excluding hydrogens is 226 g/mol. The maximum Gasteiger partial charge on any atom is 0.0597 e. The molecule has 0 saturated carbocycles. The molecule has 0 spiro atoms. The fourth-order valence-corrected chi connectivity index (χ4v) is 3.61. The summed E-state index contributed by atoms with van der Waals surface area (Å²) in [5.41, 5.74) is 6.34. The third-order valence-corrected chi connectivity index (χ3v) is 4.84. The molecule has 2 bridgehead atoms. The first-order chi connectivity index (χ1) is 8.58. The number of likely N-dealkylation sites (N-methyl/N-ethyl adjacent to an activating group) is 1. The van der Waals surface area contributed by atoms with Crippen LogP contribution in [0.3, 0.4) is 0 Å². The summed E-state index contributed by atoms with van der Waals surface area (Å²) in [6, 6.07) is 0. The van der Waals surface area contributed by atoms with Crippen molar-refractivity contribution in [1.29, 1.82) is 0 Å². The molecule has 0 aromatic rings. The predicted molar refractivity (Wildman–Crippen MR) is 74.7 cm³/mol. The van der Waals surface area contributed by atoms with Crippen molar-refractivity contribution in [3.8, 4) is 0 Å². The van der Waals surface area contributed by atoms with Gasteiger partial charge in [-0.25, -0.2) is 0 Å². The van der Waals surface area contributed by atoms with Crippen molar-refractivity contribution < 1.29 is 4.74 Å². The Balaban J connectivity index is 1.94. The lowest BCUT2D eigenvalue weighted by Gasteiger charge is -2.57. The van der Waals surface area contributed by atoms with Gasteiger partial charge in [-0.2, -0.15) is 0 Å². The molecule has 0 aliphatic carbocycles. The molecule has 3 rings (SSSR count). The lowest BCUT2D eigenvalue weighted by Crippen LogP contribution is -2.69. The lowest BCUT2D eigenvalue weighted by molar-refractivity contribution is -0.0665. The second-order valence-electron chi connectivity index (χ2n) is 6.20. The van der Waals surface area contributed by atoms with Gasteiger partial charge in [0.25, 0.3) is 0 Å². The van der Waals surface area contributed by atoms with E-state index in [-0.39, 0.29) is 5.54 Å². The van der Waals surface area contributed by atoms with E-state index in [2.05, 4.69) is 30.7 Å². The molecule has 4 nitrogen and oxygen atoms in total. The van der Waals surface area contributed by atoms with Crippen molar-refractivity contribution >= 4 is 0 Å². The molecule has 3 heterocycles. The molecule has 2 N–H and O–H groups in total. The highest BCUT2D eigenvalue weighted by Crippen LogP contribution is 2.38. The topological polar surface area (TPSA) is 41.7 Å². The summed E-state index contributed by atoms with van der Waals surface area (Å²) in [7, 11) is 2.22. The Labute approximate surface area is 111 Å². The van der Waals surface area contributed by atoms with Gasteiger partial charge in [-0.1, -0.05) is 0 Å². The highest BCUT2D eigenvalue weighted by Gasteiger charge is 2.48. The molecular formula is C14H29N3O. The van der Waals surface area contributed by atoms with Crippen molar-refractivity contribution in [3.63, 3.8) is 0 Å². The van der Waals surface area contributed by atoms with E-state index >= 15 is 0 Å². The third-order valence-electron chi connectivity index (χ3n) is 4.84. The SMILES string of the molecule is CC(C)OCCN(C)C1(CN)CN2CCC1CC2. The Morgan fingerprint density at radius 3 is 2.50 bits per heavy atom. The molecule has 3 fully saturated rings. The monoisotopic (exact) mass is 255 g/mol. The Bertz CT molecular complexity index is 264. The number of ether oxygens (including phenoxy) is 1. The predicted octanol–water partition coefficient (Wildman–Crippen LogP) is 0.766. The van der Waals surface area contributed by atoms with Crippen LogP contribution in [-0.2, 0) is 4.74 Å². The summed E-state index contributed by atoms with van der Waals surface area (Å²) in [4.78, 5) is 5.04. The van der Waals surface area contributed by atoms with E-state index in [9.17, 15) is 0 Å². The van der Waals surface area contributed by atoms with Crippen LogP contribution >= 0.6 is 0 Å². The van der Waals surface area contributed by atoms with Crippen LogP contribution in [0.1, 0.15) is 26.7 Å². The van der Waals surface area contributed by atoms with Gasteiger partial charge in [0.2, 0.25) is 0 Å². The molecule has 3 aliphatic heterocycles. The van der Waals surface area contributed by atoms with E-state index in [1.54, 1.807) is 0 Å². The van der Waals surface area contributed by atoms with E-state index in [0.29, 0.717) is 6.10 Å². The summed E-state index contributed by atoms with van der Waals surface area (Å²) in [5, 5.41) is 0. The van der Waals surface area contributed by atoms with E-state index in [1.807, 2.05) is 0 Å². The number of rotatable bonds is 6. The van der Waals surface area contributed by atoms with Crippen molar-refractivity contribution in [2.45, 2.75) is 38.3 Å². The minimum Gasteiger partial charge on any atom is -0.377 e. The van der Waals surface area contributed by atoms with Gasteiger partial charge in [-0.3, -0.25) is 4.90 Å². The minimum atomic E-state index is 0.191. The van der Waals surface area contributed by atoms with Gasteiger partial charge in [0, 0.05) is 25.2 Å². The first-order valence-electron chi connectivity index (χ1n) is 7.34. The number of piperidine rings is 3. The average molecular weight is 255 g/mol. The van der Waals surface area contributed by atoms with Crippen LogP contribution in [-0.4, -0.2) is 67.8 Å². The van der Waals surface area contributed by atoms with E-state index in [0.717, 1.165) is 32.2 Å². The maximum absolute atomic E-state index is 6.15. The van der Waals surface area contributed by atoms with Gasteiger partial charge in [0.1, 0.15) is 0 Å². The van der Waals surface area contributed by atoms with Crippen LogP contribution in [0.4, 0.5) is 0 Å². The fourth-order valence-electron chi connectivity index (χ4n) is 3.61. The van der Waals surface area contributed by atoms with Gasteiger partial charge in [-0.15, -0.1) is 0 Å². The number of nitrogens with two attached hydrogens (primary N) is 1. The molecule has 3 aliphatic rings. The van der Waals surface area contributed by atoms with E-state index in [1.165, 1.54) is 25.9 Å². The molecule has 0 aromatic heterocycles. The highest BCUT2D eigenvalue weighted by molar-refractivity contribution is 5.05. The molecule has 0 amide bonds. The summed E-state index contributed by atoms with van der Waals surface area (Å²) < 4.78 is 5.68. The zero-order valence-electron chi connectivity index (χ0n) is 12.2. The number of hydrogen-bond acceptors (Lipinski definition) is 4. The summed E-state index contributed by atoms with van der Waals surface area (Å²) in [6.45, 7) is 10.4. The van der Waals surface area contributed by atoms with E-state index in [4.69, 9.17) is 10.5 Å². The molecule has 1 atom stereocenters. The first-order valence-corrected chi connectivity index (χ1v) is 7.34. The zero-order valence-corrected chi connectivity index (χ0v) is 12.2. The van der Waals surface area contributed by atoms with Crippen LogP contribution in [0.25, 0.3) is 0 Å². The number of fused-ring (bicyclic) bond motifs is 3. The van der Waals surface area contributed by atoms with Crippen LogP contribution in [0.15, 0.2) is 0 Å². The molecule has 106 valence electrons. The largest absolute Gasteiger partial charge is 0.377 e. The Kier molecular flexibility index (Phi) is 4.64. The Morgan fingerprint density at radius 1 is 1.39 bits per heavy atom. The van der Waals surface area contributed by atoms with Crippen molar-refractivity contribution in [2.75, 3.05) is 46.4 Å². The summed E-state index contributed by atoms with van der Waals surface area (Å²) in [6.07, 6.45) is 2.94. The lowest BCUT2D eigenvalue weighted by atomic mass is 9.72. The standard InChI is InChI=1S/C14H29N3O/c1-12(2)18-9-8-16(3)14(10-15)11-17-6-4-13(14)5-7-17/h12-13H,4-11,15H2,1-3H3. The van der Waals surface area contributed by atoms with Gasteiger partial charge in [-0.05, 0) is 52.7 Å². The van der Waals surface area contributed by atoms with Crippen molar-refractivity contribution in [2.24, 2.45) is 11.7 Å². The highest BCUT2D eigenvalue weighted by atomic mass is 16.5.